The number of rotatable bonds is 3. The second-order valence-corrected chi connectivity index (χ2v) is 9.27. The van der Waals surface area contributed by atoms with Gasteiger partial charge in [0.15, 0.2) is 5.82 Å². The maximum Gasteiger partial charge on any atom is 0.177 e. The van der Waals surface area contributed by atoms with Crippen molar-refractivity contribution in [2.75, 3.05) is 4.90 Å². The van der Waals surface area contributed by atoms with E-state index in [0.717, 1.165) is 58.1 Å². The first-order valence-electron chi connectivity index (χ1n) is 10.3. The molecular formula is C24H21Br2N5S. The molecule has 0 fully saturated rings. The number of benzene rings is 2. The van der Waals surface area contributed by atoms with Gasteiger partial charge in [-0.25, -0.2) is 0 Å². The second-order valence-electron chi connectivity index (χ2n) is 7.49. The van der Waals surface area contributed by atoms with Gasteiger partial charge < -0.3 is 9.47 Å². The molecule has 3 heterocycles. The van der Waals surface area contributed by atoms with Crippen LogP contribution in [0.15, 0.2) is 69.5 Å². The highest BCUT2D eigenvalue weighted by Crippen LogP contribution is 2.46. The molecule has 2 aliphatic rings. The number of allylic oxidation sites excluding steroid dienone is 1. The van der Waals surface area contributed by atoms with E-state index in [4.69, 9.17) is 0 Å². The molecule has 0 saturated carbocycles. The van der Waals surface area contributed by atoms with Gasteiger partial charge in [-0.2, -0.15) is 5.26 Å². The third-order valence-corrected chi connectivity index (χ3v) is 7.02. The number of nitriles is 1. The Morgan fingerprint density at radius 3 is 2.53 bits per heavy atom. The number of nitrogens with zero attached hydrogens (tertiary/aromatic N) is 5. The van der Waals surface area contributed by atoms with E-state index in [2.05, 4.69) is 71.3 Å². The average Bonchev–Trinajstić information content (AvgIpc) is 3.33. The molecule has 0 aliphatic carbocycles. The highest BCUT2D eigenvalue weighted by atomic mass is 79.9. The minimum absolute atomic E-state index is 0. The summed E-state index contributed by atoms with van der Waals surface area (Å²) in [5.41, 5.74) is 3.71. The summed E-state index contributed by atoms with van der Waals surface area (Å²) in [6, 6.07) is 20.9. The van der Waals surface area contributed by atoms with Gasteiger partial charge in [0.1, 0.15) is 22.5 Å². The molecule has 0 radical (unpaired) electrons. The van der Waals surface area contributed by atoms with E-state index in [-0.39, 0.29) is 17.0 Å². The SMILES string of the molecule is Br.N#CC(=C1SC=C(c2ccc(Br)cc2)N1c1ccccc1)c1nnc2n1CCCCC2. The zero-order chi connectivity index (χ0) is 21.2. The van der Waals surface area contributed by atoms with Gasteiger partial charge in [0.2, 0.25) is 0 Å². The molecule has 8 heteroatoms. The first kappa shape index (κ1) is 22.8. The van der Waals surface area contributed by atoms with Crippen LogP contribution in [0.3, 0.4) is 0 Å². The standard InChI is InChI=1S/C24H20BrN5S.BrH/c25-18-12-10-17(11-13-18)21-16-31-24(30(21)19-7-3-1-4-8-19)20(15-26)23-28-27-22-9-5-2-6-14-29(22)23;/h1,3-4,7-8,10-13,16H,2,5-6,9,14H2;1H. The van der Waals surface area contributed by atoms with Crippen LogP contribution in [0.25, 0.3) is 11.3 Å². The fourth-order valence-corrected chi connectivity index (χ4v) is 5.30. The number of hydrogen-bond acceptors (Lipinski definition) is 5. The van der Waals surface area contributed by atoms with E-state index in [1.165, 1.54) is 6.42 Å². The maximum atomic E-state index is 10.2. The van der Waals surface area contributed by atoms with Crippen LogP contribution in [0.1, 0.15) is 36.5 Å². The molecule has 3 aromatic rings. The monoisotopic (exact) mass is 569 g/mol. The van der Waals surface area contributed by atoms with Crippen molar-refractivity contribution in [1.82, 2.24) is 14.8 Å². The zero-order valence-electron chi connectivity index (χ0n) is 17.2. The van der Waals surface area contributed by atoms with Crippen molar-refractivity contribution in [3.63, 3.8) is 0 Å². The number of aromatic nitrogens is 3. The van der Waals surface area contributed by atoms with Crippen molar-refractivity contribution in [2.24, 2.45) is 0 Å². The normalized spacial score (nSPS) is 17.0. The topological polar surface area (TPSA) is 57.7 Å². The van der Waals surface area contributed by atoms with Gasteiger partial charge in [-0.1, -0.05) is 64.4 Å². The number of thioether (sulfide) groups is 1. The summed E-state index contributed by atoms with van der Waals surface area (Å²) in [6.45, 7) is 0.860. The molecule has 0 amide bonds. The summed E-state index contributed by atoms with van der Waals surface area (Å²) in [5, 5.41) is 22.1. The van der Waals surface area contributed by atoms with Crippen LogP contribution in [-0.4, -0.2) is 14.8 Å². The zero-order valence-corrected chi connectivity index (χ0v) is 21.4. The van der Waals surface area contributed by atoms with E-state index < -0.39 is 0 Å². The quantitative estimate of drug-likeness (QED) is 0.324. The molecule has 0 spiro atoms. The number of aryl methyl sites for hydroxylation is 1. The summed E-state index contributed by atoms with van der Waals surface area (Å²) < 4.78 is 3.17. The molecule has 2 aliphatic heterocycles. The Morgan fingerprint density at radius 2 is 1.78 bits per heavy atom. The molecule has 0 N–H and O–H groups in total. The molecule has 1 aromatic heterocycles. The fraction of sp³-hybridized carbons (Fsp3) is 0.208. The van der Waals surface area contributed by atoms with Gasteiger partial charge in [-0.05, 0) is 42.7 Å². The lowest BCUT2D eigenvalue weighted by Crippen LogP contribution is -2.18. The van der Waals surface area contributed by atoms with Crippen LogP contribution in [0.2, 0.25) is 0 Å². The van der Waals surface area contributed by atoms with Crippen molar-refractivity contribution in [2.45, 2.75) is 32.2 Å². The fourth-order valence-electron chi connectivity index (χ4n) is 4.01. The molecule has 32 heavy (non-hydrogen) atoms. The van der Waals surface area contributed by atoms with E-state index in [0.29, 0.717) is 11.4 Å². The predicted molar refractivity (Wildman–Crippen MR) is 139 cm³/mol. The molecule has 0 atom stereocenters. The highest BCUT2D eigenvalue weighted by Gasteiger charge is 2.30. The largest absolute Gasteiger partial charge is 0.310 e. The van der Waals surface area contributed by atoms with Crippen LogP contribution in [0.4, 0.5) is 5.69 Å². The molecule has 0 bridgehead atoms. The lowest BCUT2D eigenvalue weighted by atomic mass is 10.1. The number of anilines is 1. The van der Waals surface area contributed by atoms with Gasteiger partial charge in [-0.15, -0.1) is 27.2 Å². The van der Waals surface area contributed by atoms with Crippen molar-refractivity contribution >= 4 is 61.6 Å². The van der Waals surface area contributed by atoms with Crippen LogP contribution >= 0.6 is 44.7 Å². The number of fused-ring (bicyclic) bond motifs is 1. The van der Waals surface area contributed by atoms with Gasteiger partial charge in [0.25, 0.3) is 0 Å². The Morgan fingerprint density at radius 1 is 1.00 bits per heavy atom. The lowest BCUT2D eigenvalue weighted by Gasteiger charge is -2.25. The predicted octanol–water partition coefficient (Wildman–Crippen LogP) is 6.79. The Kier molecular flexibility index (Phi) is 7.19. The second kappa shape index (κ2) is 10.1. The summed E-state index contributed by atoms with van der Waals surface area (Å²) in [6.07, 6.45) is 4.31. The Balaban J connectivity index is 0.00000245. The van der Waals surface area contributed by atoms with Gasteiger partial charge in [-0.3, -0.25) is 0 Å². The van der Waals surface area contributed by atoms with Crippen LogP contribution in [0.5, 0.6) is 0 Å². The van der Waals surface area contributed by atoms with Gasteiger partial charge in [0, 0.05) is 28.5 Å². The third-order valence-electron chi connectivity index (χ3n) is 5.54. The summed E-state index contributed by atoms with van der Waals surface area (Å²) in [7, 11) is 0. The number of hydrogen-bond donors (Lipinski definition) is 0. The molecular weight excluding hydrogens is 550 g/mol. The Bertz CT molecular complexity index is 1210. The first-order valence-corrected chi connectivity index (χ1v) is 12.0. The van der Waals surface area contributed by atoms with E-state index in [1.54, 1.807) is 11.8 Å². The molecule has 5 rings (SSSR count). The van der Waals surface area contributed by atoms with E-state index in [1.807, 2.05) is 30.3 Å². The molecule has 162 valence electrons. The van der Waals surface area contributed by atoms with Gasteiger partial charge in [0.05, 0.1) is 5.70 Å². The number of para-hydroxylation sites is 1. The minimum atomic E-state index is 0. The smallest absolute Gasteiger partial charge is 0.177 e. The number of halogens is 2. The van der Waals surface area contributed by atoms with Gasteiger partial charge >= 0.3 is 0 Å². The van der Waals surface area contributed by atoms with E-state index >= 15 is 0 Å². The highest BCUT2D eigenvalue weighted by molar-refractivity contribution is 9.10. The average molecular weight is 571 g/mol. The third kappa shape index (κ3) is 4.29. The van der Waals surface area contributed by atoms with Crippen LogP contribution in [0, 0.1) is 11.3 Å². The molecule has 5 nitrogen and oxygen atoms in total. The van der Waals surface area contributed by atoms with Crippen molar-refractivity contribution < 1.29 is 0 Å². The summed E-state index contributed by atoms with van der Waals surface area (Å²) in [5.74, 6) is 1.66. The van der Waals surface area contributed by atoms with Crippen molar-refractivity contribution in [3.8, 4) is 6.07 Å². The van der Waals surface area contributed by atoms with Crippen molar-refractivity contribution in [1.29, 1.82) is 5.26 Å². The molecule has 2 aromatic carbocycles. The summed E-state index contributed by atoms with van der Waals surface area (Å²) in [4.78, 5) is 2.16. The lowest BCUT2D eigenvalue weighted by molar-refractivity contribution is 0.627. The first-order chi connectivity index (χ1) is 15.3. The Labute approximate surface area is 210 Å². The van der Waals surface area contributed by atoms with E-state index in [9.17, 15) is 5.26 Å². The molecule has 0 unspecified atom stereocenters. The van der Waals surface area contributed by atoms with Crippen molar-refractivity contribution in [3.05, 3.63) is 86.7 Å². The van der Waals surface area contributed by atoms with Crippen LogP contribution < -0.4 is 4.90 Å². The maximum absolute atomic E-state index is 10.2. The summed E-state index contributed by atoms with van der Waals surface area (Å²) >= 11 is 5.09. The molecule has 0 saturated heterocycles. The van der Waals surface area contributed by atoms with Crippen LogP contribution in [-0.2, 0) is 13.0 Å². The Hall–Kier alpha value is -2.34. The minimum Gasteiger partial charge on any atom is -0.310 e.